The lowest BCUT2D eigenvalue weighted by atomic mass is 9.94. The quantitative estimate of drug-likeness (QED) is 0.365. The lowest BCUT2D eigenvalue weighted by Gasteiger charge is -2.37. The molecule has 2 saturated carbocycles. The van der Waals surface area contributed by atoms with Crippen LogP contribution >= 0.6 is 0 Å². The Morgan fingerprint density at radius 2 is 1.58 bits per heavy atom. The van der Waals surface area contributed by atoms with Crippen molar-refractivity contribution >= 4 is 11.8 Å². The average molecular weight is 492 g/mol. The summed E-state index contributed by atoms with van der Waals surface area (Å²) in [5.74, 6) is 0.924. The van der Waals surface area contributed by atoms with E-state index in [2.05, 4.69) is 52.1 Å². The Morgan fingerprint density at radius 1 is 0.889 bits per heavy atom. The monoisotopic (exact) mass is 491 g/mol. The van der Waals surface area contributed by atoms with E-state index in [1.807, 2.05) is 24.8 Å². The summed E-state index contributed by atoms with van der Waals surface area (Å²) >= 11 is 0. The van der Waals surface area contributed by atoms with E-state index in [9.17, 15) is 9.59 Å². The highest BCUT2D eigenvalue weighted by Gasteiger charge is 2.30. The van der Waals surface area contributed by atoms with Gasteiger partial charge in [0.2, 0.25) is 11.8 Å². The third-order valence-electron chi connectivity index (χ3n) is 8.28. The molecule has 0 atom stereocenters. The molecule has 0 N–H and O–H groups in total. The van der Waals surface area contributed by atoms with Crippen LogP contribution in [0, 0.1) is 5.92 Å². The van der Waals surface area contributed by atoms with E-state index in [4.69, 9.17) is 0 Å². The Bertz CT molecular complexity index is 955. The molecule has 2 aliphatic carbocycles. The Morgan fingerprint density at radius 3 is 2.28 bits per heavy atom. The topological polar surface area (TPSA) is 45.6 Å². The van der Waals surface area contributed by atoms with Gasteiger partial charge in [0.15, 0.2) is 0 Å². The summed E-state index contributed by atoms with van der Waals surface area (Å²) in [6.45, 7) is 5.67. The van der Waals surface area contributed by atoms with Crippen LogP contribution in [-0.2, 0) is 22.7 Å². The molecule has 1 heterocycles. The third-order valence-corrected chi connectivity index (χ3v) is 8.28. The molecule has 0 spiro atoms. The van der Waals surface area contributed by atoms with Crippen molar-refractivity contribution in [2.75, 3.05) is 6.54 Å². The fraction of sp³-hybridized carbons (Fsp3) is 0.613. The minimum Gasteiger partial charge on any atom is -0.345 e. The maximum Gasteiger partial charge on any atom is 0.242 e. The smallest absolute Gasteiger partial charge is 0.242 e. The number of carbonyl (C=O) groups is 2. The van der Waals surface area contributed by atoms with Gasteiger partial charge in [-0.05, 0) is 56.7 Å². The number of nitrogens with zero attached hydrogens (tertiary/aromatic N) is 3. The van der Waals surface area contributed by atoms with Gasteiger partial charge in [0, 0.05) is 36.9 Å². The molecule has 0 radical (unpaired) electrons. The number of hydrogen-bond acceptors (Lipinski definition) is 2. The summed E-state index contributed by atoms with van der Waals surface area (Å²) in [5.41, 5.74) is 2.41. The van der Waals surface area contributed by atoms with E-state index in [1.165, 1.54) is 50.5 Å². The standard InChI is InChI=1S/C31H45N3O2/c1-25(2)33(30(35)20-19-26-12-9-10-13-26)24-31(36)34(28-16-7-4-8-17-28)23-29-18-11-21-32(29)22-27-14-5-3-6-15-27/h3,5-6,11,14-15,18,21,25-26,28H,4,7-10,12-13,16-17,19-20,22-24H2,1-2H3. The third kappa shape index (κ3) is 7.24. The van der Waals surface area contributed by atoms with Gasteiger partial charge in [-0.1, -0.05) is 75.3 Å². The molecule has 2 amide bonds. The lowest BCUT2D eigenvalue weighted by molar-refractivity contribution is -0.144. The number of rotatable bonds is 11. The summed E-state index contributed by atoms with van der Waals surface area (Å²) in [6, 6.07) is 15.0. The fourth-order valence-corrected chi connectivity index (χ4v) is 6.08. The van der Waals surface area contributed by atoms with Gasteiger partial charge in [0.05, 0.1) is 13.1 Å². The Labute approximate surface area is 217 Å². The summed E-state index contributed by atoms with van der Waals surface area (Å²) < 4.78 is 2.26. The van der Waals surface area contributed by atoms with Crippen molar-refractivity contribution in [2.45, 2.75) is 110 Å². The van der Waals surface area contributed by atoms with Crippen LogP contribution in [0.4, 0.5) is 0 Å². The highest BCUT2D eigenvalue weighted by atomic mass is 16.2. The van der Waals surface area contributed by atoms with Crippen LogP contribution in [0.25, 0.3) is 0 Å². The van der Waals surface area contributed by atoms with Crippen LogP contribution < -0.4 is 0 Å². The average Bonchev–Trinajstić information content (AvgIpc) is 3.57. The lowest BCUT2D eigenvalue weighted by Crippen LogP contribution is -2.49. The first kappa shape index (κ1) is 26.5. The number of amides is 2. The second-order valence-electron chi connectivity index (χ2n) is 11.2. The van der Waals surface area contributed by atoms with Crippen molar-refractivity contribution in [1.29, 1.82) is 0 Å². The van der Waals surface area contributed by atoms with E-state index in [0.717, 1.165) is 31.5 Å². The van der Waals surface area contributed by atoms with Crippen LogP contribution in [0.1, 0.15) is 95.7 Å². The van der Waals surface area contributed by atoms with Crippen molar-refractivity contribution in [2.24, 2.45) is 5.92 Å². The van der Waals surface area contributed by atoms with Crippen molar-refractivity contribution in [3.05, 3.63) is 59.9 Å². The first-order chi connectivity index (χ1) is 17.5. The van der Waals surface area contributed by atoms with Gasteiger partial charge in [-0.2, -0.15) is 0 Å². The minimum atomic E-state index is 0.0279. The maximum atomic E-state index is 13.8. The molecule has 196 valence electrons. The molecule has 2 fully saturated rings. The molecular weight excluding hydrogens is 446 g/mol. The molecule has 5 nitrogen and oxygen atoms in total. The highest BCUT2D eigenvalue weighted by Crippen LogP contribution is 2.29. The minimum absolute atomic E-state index is 0.0279. The molecule has 1 aromatic heterocycles. The number of aromatic nitrogens is 1. The SMILES string of the molecule is CC(C)N(CC(=O)N(Cc1cccn1Cc1ccccc1)C1CCCCC1)C(=O)CCC1CCCC1. The van der Waals surface area contributed by atoms with Crippen LogP contribution in [0.2, 0.25) is 0 Å². The van der Waals surface area contributed by atoms with E-state index in [1.54, 1.807) is 0 Å². The van der Waals surface area contributed by atoms with Crippen LogP contribution in [0.5, 0.6) is 0 Å². The molecule has 0 bridgehead atoms. The molecule has 2 aliphatic rings. The normalized spacial score (nSPS) is 17.0. The van der Waals surface area contributed by atoms with Crippen LogP contribution in [-0.4, -0.2) is 44.8 Å². The number of carbonyl (C=O) groups excluding carboxylic acids is 2. The Hall–Kier alpha value is -2.56. The van der Waals surface area contributed by atoms with Gasteiger partial charge in [0.25, 0.3) is 0 Å². The molecule has 4 rings (SSSR count). The molecule has 2 aromatic rings. The zero-order chi connectivity index (χ0) is 25.3. The van der Waals surface area contributed by atoms with Gasteiger partial charge in [0.1, 0.15) is 0 Å². The predicted octanol–water partition coefficient (Wildman–Crippen LogP) is 6.41. The van der Waals surface area contributed by atoms with E-state index in [-0.39, 0.29) is 30.4 Å². The maximum absolute atomic E-state index is 13.8. The molecule has 5 heteroatoms. The molecule has 36 heavy (non-hydrogen) atoms. The Balaban J connectivity index is 1.45. The molecule has 0 unspecified atom stereocenters. The fourth-order valence-electron chi connectivity index (χ4n) is 6.08. The van der Waals surface area contributed by atoms with Gasteiger partial charge < -0.3 is 14.4 Å². The predicted molar refractivity (Wildman–Crippen MR) is 145 cm³/mol. The van der Waals surface area contributed by atoms with Gasteiger partial charge in [-0.15, -0.1) is 0 Å². The van der Waals surface area contributed by atoms with Gasteiger partial charge >= 0.3 is 0 Å². The second kappa shape index (κ2) is 13.1. The summed E-state index contributed by atoms with van der Waals surface area (Å²) in [6.07, 6.45) is 14.5. The van der Waals surface area contributed by atoms with Crippen molar-refractivity contribution in [3.8, 4) is 0 Å². The molecule has 0 saturated heterocycles. The Kier molecular flexibility index (Phi) is 9.66. The summed E-state index contributed by atoms with van der Waals surface area (Å²) in [4.78, 5) is 31.0. The van der Waals surface area contributed by atoms with E-state index >= 15 is 0 Å². The zero-order valence-corrected chi connectivity index (χ0v) is 22.4. The molecular formula is C31H45N3O2. The van der Waals surface area contributed by atoms with E-state index < -0.39 is 0 Å². The summed E-state index contributed by atoms with van der Waals surface area (Å²) in [5, 5.41) is 0. The van der Waals surface area contributed by atoms with Gasteiger partial charge in [-0.25, -0.2) is 0 Å². The van der Waals surface area contributed by atoms with Crippen molar-refractivity contribution in [1.82, 2.24) is 14.4 Å². The largest absolute Gasteiger partial charge is 0.345 e. The van der Waals surface area contributed by atoms with Crippen molar-refractivity contribution in [3.63, 3.8) is 0 Å². The first-order valence-electron chi connectivity index (χ1n) is 14.3. The first-order valence-corrected chi connectivity index (χ1v) is 14.3. The molecule has 0 aliphatic heterocycles. The van der Waals surface area contributed by atoms with Crippen LogP contribution in [0.3, 0.4) is 0 Å². The highest BCUT2D eigenvalue weighted by molar-refractivity contribution is 5.85. The van der Waals surface area contributed by atoms with E-state index in [0.29, 0.717) is 18.9 Å². The number of hydrogen-bond donors (Lipinski definition) is 0. The zero-order valence-electron chi connectivity index (χ0n) is 22.4. The molecule has 1 aromatic carbocycles. The summed E-state index contributed by atoms with van der Waals surface area (Å²) in [7, 11) is 0. The number of benzene rings is 1. The van der Waals surface area contributed by atoms with Gasteiger partial charge in [-0.3, -0.25) is 9.59 Å². The van der Waals surface area contributed by atoms with Crippen molar-refractivity contribution < 1.29 is 9.59 Å². The second-order valence-corrected chi connectivity index (χ2v) is 11.2. The van der Waals surface area contributed by atoms with Crippen LogP contribution in [0.15, 0.2) is 48.7 Å².